The summed E-state index contributed by atoms with van der Waals surface area (Å²) in [4.78, 5) is 26.2. The van der Waals surface area contributed by atoms with Crippen molar-refractivity contribution in [2.45, 2.75) is 31.8 Å². The number of rotatable bonds is 1. The molecule has 4 heteroatoms. The summed E-state index contributed by atoms with van der Waals surface area (Å²) in [5.74, 6) is -0.167. The maximum Gasteiger partial charge on any atom is 0.255 e. The first kappa shape index (κ1) is 12.0. The molecule has 3 rings (SSSR count). The summed E-state index contributed by atoms with van der Waals surface area (Å²) in [6, 6.07) is 7.13. The third-order valence-corrected chi connectivity index (χ3v) is 3.95. The Morgan fingerprint density at radius 3 is 2.74 bits per heavy atom. The van der Waals surface area contributed by atoms with E-state index in [-0.39, 0.29) is 23.9 Å². The van der Waals surface area contributed by atoms with E-state index < -0.39 is 0 Å². The molecule has 0 saturated carbocycles. The molecular formula is C15H16N2O2. The molecular weight excluding hydrogens is 240 g/mol. The number of fused-ring (bicyclic) bond motifs is 1. The molecule has 1 fully saturated rings. The van der Waals surface area contributed by atoms with Gasteiger partial charge in [0.1, 0.15) is 6.04 Å². The van der Waals surface area contributed by atoms with E-state index in [1.165, 1.54) is 0 Å². The molecule has 1 N–H and O–H groups in total. The fourth-order valence-electron chi connectivity index (χ4n) is 2.96. The van der Waals surface area contributed by atoms with Gasteiger partial charge in [0.2, 0.25) is 5.91 Å². The van der Waals surface area contributed by atoms with Crippen molar-refractivity contribution in [1.82, 2.24) is 10.2 Å². The summed E-state index contributed by atoms with van der Waals surface area (Å²) in [6.45, 7) is 5.74. The lowest BCUT2D eigenvalue weighted by Crippen LogP contribution is -2.50. The van der Waals surface area contributed by atoms with Gasteiger partial charge in [-0.05, 0) is 31.4 Å². The van der Waals surface area contributed by atoms with E-state index >= 15 is 0 Å². The van der Waals surface area contributed by atoms with E-state index in [1.54, 1.807) is 4.90 Å². The Balaban J connectivity index is 1.94. The van der Waals surface area contributed by atoms with Gasteiger partial charge < -0.3 is 10.2 Å². The maximum absolute atomic E-state index is 12.5. The van der Waals surface area contributed by atoms with Gasteiger partial charge in [0.05, 0.1) is 6.04 Å². The van der Waals surface area contributed by atoms with Gasteiger partial charge in [-0.3, -0.25) is 9.59 Å². The highest BCUT2D eigenvalue weighted by Crippen LogP contribution is 2.36. The largest absolute Gasteiger partial charge is 0.329 e. The molecule has 0 aromatic heterocycles. The quantitative estimate of drug-likeness (QED) is 0.835. The smallest absolute Gasteiger partial charge is 0.255 e. The molecule has 0 bridgehead atoms. The summed E-state index contributed by atoms with van der Waals surface area (Å²) in [5, 5.41) is 2.75. The molecule has 0 spiro atoms. The molecule has 2 heterocycles. The highest BCUT2D eigenvalue weighted by atomic mass is 16.2. The number of allylic oxidation sites excluding steroid dienone is 1. The van der Waals surface area contributed by atoms with Crippen LogP contribution in [0, 0.1) is 0 Å². The van der Waals surface area contributed by atoms with E-state index in [2.05, 4.69) is 11.9 Å². The molecule has 1 saturated heterocycles. The van der Waals surface area contributed by atoms with Crippen LogP contribution in [0.1, 0.15) is 41.7 Å². The molecule has 2 atom stereocenters. The SMILES string of the molecule is C=C1CCC(N2C(=O)c3ccccc3C2C)C(=O)N1. The zero-order chi connectivity index (χ0) is 13.6. The number of amides is 2. The van der Waals surface area contributed by atoms with Gasteiger partial charge >= 0.3 is 0 Å². The van der Waals surface area contributed by atoms with Gasteiger partial charge in [0, 0.05) is 11.3 Å². The topological polar surface area (TPSA) is 49.4 Å². The third kappa shape index (κ3) is 1.75. The monoisotopic (exact) mass is 256 g/mol. The minimum atomic E-state index is -0.389. The van der Waals surface area contributed by atoms with E-state index in [4.69, 9.17) is 0 Å². The maximum atomic E-state index is 12.5. The number of nitrogens with one attached hydrogen (secondary N) is 1. The molecule has 4 nitrogen and oxygen atoms in total. The molecule has 1 aromatic carbocycles. The van der Waals surface area contributed by atoms with Crippen LogP contribution in [0.15, 0.2) is 36.5 Å². The van der Waals surface area contributed by atoms with Crippen molar-refractivity contribution in [3.05, 3.63) is 47.7 Å². The summed E-state index contributed by atoms with van der Waals surface area (Å²) in [6.07, 6.45) is 1.37. The minimum Gasteiger partial charge on any atom is -0.329 e. The van der Waals surface area contributed by atoms with Crippen LogP contribution in [0.4, 0.5) is 0 Å². The van der Waals surface area contributed by atoms with Gasteiger partial charge in [-0.15, -0.1) is 0 Å². The molecule has 98 valence electrons. The summed E-state index contributed by atoms with van der Waals surface area (Å²) in [7, 11) is 0. The lowest BCUT2D eigenvalue weighted by Gasteiger charge is -2.34. The fraction of sp³-hybridized carbons (Fsp3) is 0.333. The van der Waals surface area contributed by atoms with E-state index in [0.717, 1.165) is 17.7 Å². The zero-order valence-electron chi connectivity index (χ0n) is 10.8. The second-order valence-corrected chi connectivity index (χ2v) is 5.12. The predicted octanol–water partition coefficient (Wildman–Crippen LogP) is 2.00. The second kappa shape index (κ2) is 4.23. The van der Waals surface area contributed by atoms with Crippen molar-refractivity contribution in [3.63, 3.8) is 0 Å². The Kier molecular flexibility index (Phi) is 2.66. The van der Waals surface area contributed by atoms with E-state index in [0.29, 0.717) is 12.0 Å². The normalized spacial score (nSPS) is 26.4. The third-order valence-electron chi connectivity index (χ3n) is 3.95. The number of hydrogen-bond donors (Lipinski definition) is 1. The summed E-state index contributed by atoms with van der Waals surface area (Å²) in [5.41, 5.74) is 2.45. The molecule has 2 aliphatic heterocycles. The van der Waals surface area contributed by atoms with Crippen molar-refractivity contribution in [2.24, 2.45) is 0 Å². The Bertz CT molecular complexity index is 579. The van der Waals surface area contributed by atoms with Gasteiger partial charge in [-0.2, -0.15) is 0 Å². The summed E-state index contributed by atoms with van der Waals surface area (Å²) >= 11 is 0. The van der Waals surface area contributed by atoms with E-state index in [9.17, 15) is 9.59 Å². The average Bonchev–Trinajstić information content (AvgIpc) is 2.64. The number of piperidine rings is 1. The van der Waals surface area contributed by atoms with Crippen LogP contribution in [0.2, 0.25) is 0 Å². The first-order valence-corrected chi connectivity index (χ1v) is 6.50. The number of carbonyl (C=O) groups is 2. The molecule has 2 amide bonds. The van der Waals surface area contributed by atoms with Crippen LogP contribution in [-0.2, 0) is 4.79 Å². The van der Waals surface area contributed by atoms with Crippen LogP contribution < -0.4 is 5.32 Å². The molecule has 19 heavy (non-hydrogen) atoms. The first-order chi connectivity index (χ1) is 9.09. The Morgan fingerprint density at radius 1 is 1.32 bits per heavy atom. The van der Waals surface area contributed by atoms with Crippen molar-refractivity contribution < 1.29 is 9.59 Å². The Hall–Kier alpha value is -2.10. The number of carbonyl (C=O) groups excluding carboxylic acids is 2. The zero-order valence-corrected chi connectivity index (χ0v) is 10.8. The highest BCUT2D eigenvalue weighted by molar-refractivity contribution is 6.02. The predicted molar refractivity (Wildman–Crippen MR) is 71.3 cm³/mol. The molecule has 0 radical (unpaired) electrons. The van der Waals surface area contributed by atoms with Gasteiger partial charge in [-0.25, -0.2) is 0 Å². The van der Waals surface area contributed by atoms with Crippen molar-refractivity contribution in [1.29, 1.82) is 0 Å². The van der Waals surface area contributed by atoms with Crippen LogP contribution in [-0.4, -0.2) is 22.8 Å². The van der Waals surface area contributed by atoms with Crippen molar-refractivity contribution in [3.8, 4) is 0 Å². The van der Waals surface area contributed by atoms with Gasteiger partial charge in [-0.1, -0.05) is 24.8 Å². The van der Waals surface area contributed by atoms with E-state index in [1.807, 2.05) is 31.2 Å². The van der Waals surface area contributed by atoms with Gasteiger partial charge in [0.25, 0.3) is 5.91 Å². The standard InChI is InChI=1S/C15H16N2O2/c1-9-7-8-13(14(18)16-9)17-10(2)11-5-3-4-6-12(11)15(17)19/h3-6,10,13H,1,7-8H2,2H3,(H,16,18). The second-order valence-electron chi connectivity index (χ2n) is 5.12. The van der Waals surface area contributed by atoms with Crippen LogP contribution in [0.25, 0.3) is 0 Å². The molecule has 0 aliphatic carbocycles. The number of benzene rings is 1. The molecule has 2 unspecified atom stereocenters. The number of nitrogens with zero attached hydrogens (tertiary/aromatic N) is 1. The highest BCUT2D eigenvalue weighted by Gasteiger charge is 2.41. The average molecular weight is 256 g/mol. The minimum absolute atomic E-state index is 0.0456. The summed E-state index contributed by atoms with van der Waals surface area (Å²) < 4.78 is 0. The van der Waals surface area contributed by atoms with Crippen LogP contribution in [0.3, 0.4) is 0 Å². The number of hydrogen-bond acceptors (Lipinski definition) is 2. The first-order valence-electron chi connectivity index (χ1n) is 6.50. The Labute approximate surface area is 112 Å². The Morgan fingerprint density at radius 2 is 2.05 bits per heavy atom. The molecule has 2 aliphatic rings. The van der Waals surface area contributed by atoms with Crippen molar-refractivity contribution >= 4 is 11.8 Å². The van der Waals surface area contributed by atoms with Crippen LogP contribution in [0.5, 0.6) is 0 Å². The lowest BCUT2D eigenvalue weighted by atomic mass is 10.0. The fourth-order valence-corrected chi connectivity index (χ4v) is 2.96. The lowest BCUT2D eigenvalue weighted by molar-refractivity contribution is -0.126. The molecule has 1 aromatic rings. The van der Waals surface area contributed by atoms with Crippen molar-refractivity contribution in [2.75, 3.05) is 0 Å². The van der Waals surface area contributed by atoms with Crippen LogP contribution >= 0.6 is 0 Å². The van der Waals surface area contributed by atoms with Gasteiger partial charge in [0.15, 0.2) is 0 Å².